The summed E-state index contributed by atoms with van der Waals surface area (Å²) in [4.78, 5) is 24.0. The van der Waals surface area contributed by atoms with Crippen LogP contribution in [-0.4, -0.2) is 35.0 Å². The SMILES string of the molecule is O=C(NC1CCN(c2cnccn2)CC1)[C@H](c1ccccc1)C1CCCC1. The number of hydrogen-bond acceptors (Lipinski definition) is 4. The molecule has 5 nitrogen and oxygen atoms in total. The summed E-state index contributed by atoms with van der Waals surface area (Å²) in [6.07, 6.45) is 12.0. The summed E-state index contributed by atoms with van der Waals surface area (Å²) in [7, 11) is 0. The molecule has 4 rings (SSSR count). The summed E-state index contributed by atoms with van der Waals surface area (Å²) >= 11 is 0. The molecule has 1 aliphatic carbocycles. The van der Waals surface area contributed by atoms with Gasteiger partial charge in [-0.1, -0.05) is 43.2 Å². The van der Waals surface area contributed by atoms with Crippen molar-refractivity contribution in [1.29, 1.82) is 0 Å². The van der Waals surface area contributed by atoms with E-state index in [0.717, 1.165) is 44.6 Å². The minimum absolute atomic E-state index is 0.00767. The summed E-state index contributed by atoms with van der Waals surface area (Å²) < 4.78 is 0. The van der Waals surface area contributed by atoms with Crippen LogP contribution in [0, 0.1) is 5.92 Å². The van der Waals surface area contributed by atoms with Crippen molar-refractivity contribution in [2.75, 3.05) is 18.0 Å². The topological polar surface area (TPSA) is 58.1 Å². The lowest BCUT2D eigenvalue weighted by Gasteiger charge is -2.34. The smallest absolute Gasteiger partial charge is 0.228 e. The number of carbonyl (C=O) groups excluding carboxylic acids is 1. The molecule has 0 bridgehead atoms. The van der Waals surface area contributed by atoms with Crippen molar-refractivity contribution in [3.8, 4) is 0 Å². The highest BCUT2D eigenvalue weighted by molar-refractivity contribution is 5.84. The van der Waals surface area contributed by atoms with Gasteiger partial charge in [-0.15, -0.1) is 0 Å². The van der Waals surface area contributed by atoms with Crippen molar-refractivity contribution < 1.29 is 4.79 Å². The molecule has 0 spiro atoms. The van der Waals surface area contributed by atoms with Crippen LogP contribution in [0.25, 0.3) is 0 Å². The van der Waals surface area contributed by atoms with E-state index in [4.69, 9.17) is 0 Å². The van der Waals surface area contributed by atoms with Gasteiger partial charge in [-0.05, 0) is 37.2 Å². The third-order valence-corrected chi connectivity index (χ3v) is 6.03. The first-order chi connectivity index (χ1) is 13.3. The number of nitrogens with one attached hydrogen (secondary N) is 1. The van der Waals surface area contributed by atoms with Gasteiger partial charge in [-0.25, -0.2) is 4.98 Å². The van der Waals surface area contributed by atoms with E-state index in [1.807, 2.05) is 24.4 Å². The van der Waals surface area contributed by atoms with Gasteiger partial charge >= 0.3 is 0 Å². The minimum Gasteiger partial charge on any atom is -0.355 e. The first kappa shape index (κ1) is 18.0. The molecule has 1 N–H and O–H groups in total. The molecule has 1 aromatic heterocycles. The van der Waals surface area contributed by atoms with Crippen LogP contribution < -0.4 is 10.2 Å². The molecule has 5 heteroatoms. The lowest BCUT2D eigenvalue weighted by atomic mass is 9.83. The number of amides is 1. The van der Waals surface area contributed by atoms with Crippen LogP contribution in [0.4, 0.5) is 5.82 Å². The van der Waals surface area contributed by atoms with Gasteiger partial charge in [0, 0.05) is 31.5 Å². The summed E-state index contributed by atoms with van der Waals surface area (Å²) in [6.45, 7) is 1.81. The van der Waals surface area contributed by atoms with Crippen LogP contribution in [0.15, 0.2) is 48.9 Å². The van der Waals surface area contributed by atoms with Gasteiger partial charge in [0.05, 0.1) is 12.1 Å². The Labute approximate surface area is 161 Å². The number of rotatable bonds is 5. The fourth-order valence-electron chi connectivity index (χ4n) is 4.59. The van der Waals surface area contributed by atoms with Crippen molar-refractivity contribution in [2.45, 2.75) is 50.5 Å². The Morgan fingerprint density at radius 1 is 1.04 bits per heavy atom. The Balaban J connectivity index is 1.38. The zero-order valence-electron chi connectivity index (χ0n) is 15.8. The van der Waals surface area contributed by atoms with Crippen molar-refractivity contribution in [1.82, 2.24) is 15.3 Å². The Kier molecular flexibility index (Phi) is 5.66. The highest BCUT2D eigenvalue weighted by atomic mass is 16.2. The van der Waals surface area contributed by atoms with E-state index in [0.29, 0.717) is 5.92 Å². The molecule has 1 aromatic carbocycles. The molecule has 1 saturated carbocycles. The lowest BCUT2D eigenvalue weighted by molar-refractivity contribution is -0.124. The van der Waals surface area contributed by atoms with Crippen LogP contribution in [0.2, 0.25) is 0 Å². The average Bonchev–Trinajstić information content (AvgIpc) is 3.24. The molecular weight excluding hydrogens is 336 g/mol. The summed E-state index contributed by atoms with van der Waals surface area (Å²) in [5, 5.41) is 3.36. The van der Waals surface area contributed by atoms with E-state index in [2.05, 4.69) is 32.3 Å². The van der Waals surface area contributed by atoms with Crippen LogP contribution in [-0.2, 0) is 4.79 Å². The zero-order valence-corrected chi connectivity index (χ0v) is 15.8. The third-order valence-electron chi connectivity index (χ3n) is 6.03. The van der Waals surface area contributed by atoms with Crippen molar-refractivity contribution in [3.05, 3.63) is 54.5 Å². The highest BCUT2D eigenvalue weighted by Crippen LogP contribution is 2.37. The van der Waals surface area contributed by atoms with E-state index >= 15 is 0 Å². The van der Waals surface area contributed by atoms with E-state index in [1.165, 1.54) is 18.4 Å². The van der Waals surface area contributed by atoms with E-state index < -0.39 is 0 Å². The van der Waals surface area contributed by atoms with Gasteiger partial charge in [0.25, 0.3) is 0 Å². The molecule has 2 fully saturated rings. The molecule has 2 aromatic rings. The summed E-state index contributed by atoms with van der Waals surface area (Å²) in [5.41, 5.74) is 1.17. The largest absolute Gasteiger partial charge is 0.355 e. The Morgan fingerprint density at radius 3 is 2.44 bits per heavy atom. The first-order valence-electron chi connectivity index (χ1n) is 10.2. The second-order valence-electron chi connectivity index (χ2n) is 7.77. The van der Waals surface area contributed by atoms with Crippen molar-refractivity contribution >= 4 is 11.7 Å². The number of carbonyl (C=O) groups is 1. The van der Waals surface area contributed by atoms with Crippen molar-refractivity contribution in [3.63, 3.8) is 0 Å². The normalized spacial score (nSPS) is 19.8. The maximum Gasteiger partial charge on any atom is 0.228 e. The Bertz CT molecular complexity index is 722. The van der Waals surface area contributed by atoms with E-state index in [1.54, 1.807) is 12.4 Å². The maximum absolute atomic E-state index is 13.2. The molecule has 27 heavy (non-hydrogen) atoms. The van der Waals surface area contributed by atoms with Crippen LogP contribution in [0.3, 0.4) is 0 Å². The van der Waals surface area contributed by atoms with Crippen LogP contribution in [0.1, 0.15) is 50.0 Å². The van der Waals surface area contributed by atoms with E-state index in [9.17, 15) is 4.79 Å². The predicted octanol–water partition coefficient (Wildman–Crippen LogP) is 3.54. The summed E-state index contributed by atoms with van der Waals surface area (Å²) in [5.74, 6) is 1.61. The molecule has 0 radical (unpaired) electrons. The molecule has 1 saturated heterocycles. The molecule has 2 heterocycles. The zero-order chi connectivity index (χ0) is 18.5. The van der Waals surface area contributed by atoms with Gasteiger partial charge in [-0.3, -0.25) is 9.78 Å². The second-order valence-corrected chi connectivity index (χ2v) is 7.77. The lowest BCUT2D eigenvalue weighted by Crippen LogP contribution is -2.47. The maximum atomic E-state index is 13.2. The fraction of sp³-hybridized carbons (Fsp3) is 0.500. The molecule has 1 amide bonds. The molecular formula is C22H28N4O. The van der Waals surface area contributed by atoms with Gasteiger partial charge in [0.2, 0.25) is 5.91 Å². The molecule has 1 atom stereocenters. The van der Waals surface area contributed by atoms with Gasteiger partial charge in [-0.2, -0.15) is 0 Å². The number of nitrogens with zero attached hydrogens (tertiary/aromatic N) is 3. The second kappa shape index (κ2) is 8.51. The third kappa shape index (κ3) is 4.29. The highest BCUT2D eigenvalue weighted by Gasteiger charge is 2.33. The molecule has 0 unspecified atom stereocenters. The number of anilines is 1. The monoisotopic (exact) mass is 364 g/mol. The standard InChI is InChI=1S/C22H28N4O/c27-22(21(18-8-4-5-9-18)17-6-2-1-3-7-17)25-19-10-14-26(15-11-19)20-16-23-12-13-24-20/h1-3,6-7,12-13,16,18-19,21H,4-5,8-11,14-15H2,(H,25,27)/t21-/m1/s1. The van der Waals surface area contributed by atoms with Gasteiger partial charge in [0.15, 0.2) is 0 Å². The van der Waals surface area contributed by atoms with Crippen LogP contribution >= 0.6 is 0 Å². The molecule has 2 aliphatic rings. The van der Waals surface area contributed by atoms with Gasteiger partial charge in [0.1, 0.15) is 5.82 Å². The van der Waals surface area contributed by atoms with E-state index in [-0.39, 0.29) is 17.9 Å². The average molecular weight is 364 g/mol. The molecule has 142 valence electrons. The van der Waals surface area contributed by atoms with Gasteiger partial charge < -0.3 is 10.2 Å². The van der Waals surface area contributed by atoms with Crippen molar-refractivity contribution in [2.24, 2.45) is 5.92 Å². The Morgan fingerprint density at radius 2 is 1.78 bits per heavy atom. The first-order valence-corrected chi connectivity index (χ1v) is 10.2. The fourth-order valence-corrected chi connectivity index (χ4v) is 4.59. The predicted molar refractivity (Wildman–Crippen MR) is 107 cm³/mol. The number of piperidine rings is 1. The Hall–Kier alpha value is -2.43. The van der Waals surface area contributed by atoms with Crippen LogP contribution in [0.5, 0.6) is 0 Å². The number of aromatic nitrogens is 2. The molecule has 1 aliphatic heterocycles. The number of hydrogen-bond donors (Lipinski definition) is 1. The summed E-state index contributed by atoms with van der Waals surface area (Å²) in [6, 6.07) is 10.6. The minimum atomic E-state index is -0.00767. The quantitative estimate of drug-likeness (QED) is 0.882. The number of benzene rings is 1.